The largest absolute Gasteiger partial charge is 0.461 e. The number of anilines is 1. The van der Waals surface area contributed by atoms with E-state index in [-0.39, 0.29) is 37.5 Å². The fourth-order valence-electron chi connectivity index (χ4n) is 6.67. The summed E-state index contributed by atoms with van der Waals surface area (Å²) < 4.78 is 4.15. The summed E-state index contributed by atoms with van der Waals surface area (Å²) in [7, 11) is 0. The average molecular weight is 561 g/mol. The summed E-state index contributed by atoms with van der Waals surface area (Å²) in [6, 6.07) is 5.58. The van der Waals surface area contributed by atoms with Crippen molar-refractivity contribution in [2.24, 2.45) is 17.8 Å². The van der Waals surface area contributed by atoms with Gasteiger partial charge in [-0.15, -0.1) is 18.3 Å². The van der Waals surface area contributed by atoms with Crippen molar-refractivity contribution >= 4 is 46.8 Å². The second-order valence-electron chi connectivity index (χ2n) is 11.1. The maximum absolute atomic E-state index is 14.6. The van der Waals surface area contributed by atoms with Gasteiger partial charge in [-0.1, -0.05) is 44.2 Å². The number of hydrogen-bond donors (Lipinski definition) is 1. The van der Waals surface area contributed by atoms with Crippen LogP contribution in [0.5, 0.6) is 0 Å². The normalized spacial score (nSPS) is 30.3. The van der Waals surface area contributed by atoms with Crippen LogP contribution < -0.4 is 4.90 Å². The molecule has 0 radical (unpaired) electrons. The molecule has 2 amide bonds. The van der Waals surface area contributed by atoms with Crippen molar-refractivity contribution in [1.29, 1.82) is 0 Å². The Balaban J connectivity index is 1.84. The molecule has 206 valence electrons. The van der Waals surface area contributed by atoms with Gasteiger partial charge in [0.15, 0.2) is 0 Å². The minimum atomic E-state index is -0.851. The van der Waals surface area contributed by atoms with Crippen molar-refractivity contribution in [3.8, 4) is 0 Å². The second kappa shape index (κ2) is 11.1. The number of esters is 1. The summed E-state index contributed by atoms with van der Waals surface area (Å²) in [6.07, 6.45) is 4.99. The highest BCUT2D eigenvalue weighted by Gasteiger charge is 2.78. The second-order valence-corrected chi connectivity index (χ2v) is 13.4. The van der Waals surface area contributed by atoms with Gasteiger partial charge in [0, 0.05) is 22.0 Å². The molecule has 2 bridgehead atoms. The third-order valence-corrected chi connectivity index (χ3v) is 10.3. The van der Waals surface area contributed by atoms with Crippen LogP contribution in [-0.2, 0) is 19.1 Å². The number of carbonyl (C=O) groups is 3. The molecule has 0 saturated carbocycles. The first-order valence-corrected chi connectivity index (χ1v) is 14.3. The Morgan fingerprint density at radius 1 is 1.26 bits per heavy atom. The summed E-state index contributed by atoms with van der Waals surface area (Å²) in [4.78, 5) is 45.5. The lowest BCUT2D eigenvalue weighted by Crippen LogP contribution is -2.57. The molecule has 6 atom stereocenters. The van der Waals surface area contributed by atoms with Crippen LogP contribution >= 0.6 is 23.4 Å². The number of fused-ring (bicyclic) bond motifs is 1. The zero-order valence-electron chi connectivity index (χ0n) is 22.3. The molecular formula is C29H37ClN2O5S. The van der Waals surface area contributed by atoms with Crippen LogP contribution in [-0.4, -0.2) is 69.1 Å². The third-order valence-electron chi connectivity index (χ3n) is 8.11. The van der Waals surface area contributed by atoms with Crippen LogP contribution in [0, 0.1) is 17.8 Å². The molecule has 3 heterocycles. The minimum Gasteiger partial charge on any atom is -0.461 e. The number of aliphatic hydroxyl groups excluding tert-OH is 1. The molecule has 1 spiro atoms. The van der Waals surface area contributed by atoms with Crippen molar-refractivity contribution in [1.82, 2.24) is 4.90 Å². The minimum absolute atomic E-state index is 0.0619. The molecule has 9 heteroatoms. The van der Waals surface area contributed by atoms with E-state index >= 15 is 0 Å². The molecule has 1 aromatic carbocycles. The van der Waals surface area contributed by atoms with Gasteiger partial charge < -0.3 is 19.6 Å². The molecule has 0 aliphatic carbocycles. The van der Waals surface area contributed by atoms with E-state index in [2.05, 4.69) is 13.2 Å². The molecule has 3 fully saturated rings. The Hall–Kier alpha value is -2.29. The fourth-order valence-corrected chi connectivity index (χ4v) is 9.12. The lowest BCUT2D eigenvalue weighted by molar-refractivity contribution is -0.155. The summed E-state index contributed by atoms with van der Waals surface area (Å²) >= 11 is 7.69. The lowest BCUT2D eigenvalue weighted by Gasteiger charge is -2.40. The number of amides is 2. The van der Waals surface area contributed by atoms with E-state index in [1.54, 1.807) is 51.9 Å². The molecule has 1 aromatic rings. The van der Waals surface area contributed by atoms with Crippen molar-refractivity contribution in [2.75, 3.05) is 24.7 Å². The van der Waals surface area contributed by atoms with E-state index in [0.717, 1.165) is 0 Å². The van der Waals surface area contributed by atoms with E-state index in [1.807, 2.05) is 20.8 Å². The van der Waals surface area contributed by atoms with Gasteiger partial charge in [0.1, 0.15) is 12.6 Å². The highest BCUT2D eigenvalue weighted by atomic mass is 35.5. The Kier molecular flexibility index (Phi) is 8.36. The number of hydrogen-bond acceptors (Lipinski definition) is 6. The zero-order chi connectivity index (χ0) is 27.8. The SMILES string of the molecule is C=CCOC(=O)[C@H]1[C@H]2C(=O)N([C@@H](CO)CC(C)C)C(C(=O)N(CC=C)c3ccc(Cl)cc3)C23CC[C@]1(C)S3. The lowest BCUT2D eigenvalue weighted by atomic mass is 9.66. The monoisotopic (exact) mass is 560 g/mol. The Morgan fingerprint density at radius 3 is 2.53 bits per heavy atom. The van der Waals surface area contributed by atoms with Crippen LogP contribution in [0.1, 0.15) is 40.0 Å². The highest BCUT2D eigenvalue weighted by Crippen LogP contribution is 2.72. The van der Waals surface area contributed by atoms with Gasteiger partial charge in [0.25, 0.3) is 5.91 Å². The maximum atomic E-state index is 14.6. The molecule has 38 heavy (non-hydrogen) atoms. The van der Waals surface area contributed by atoms with Gasteiger partial charge in [-0.2, -0.15) is 0 Å². The molecule has 4 rings (SSSR count). The van der Waals surface area contributed by atoms with E-state index < -0.39 is 39.4 Å². The van der Waals surface area contributed by atoms with Crippen LogP contribution in [0.25, 0.3) is 0 Å². The topological polar surface area (TPSA) is 87.1 Å². The van der Waals surface area contributed by atoms with E-state index in [4.69, 9.17) is 16.3 Å². The number of aliphatic hydroxyl groups is 1. The number of carbonyl (C=O) groups excluding carboxylic acids is 3. The molecule has 3 aliphatic rings. The van der Waals surface area contributed by atoms with Crippen LogP contribution in [0.3, 0.4) is 0 Å². The molecule has 7 nitrogen and oxygen atoms in total. The predicted octanol–water partition coefficient (Wildman–Crippen LogP) is 4.48. The number of likely N-dealkylation sites (tertiary alicyclic amines) is 1. The predicted molar refractivity (Wildman–Crippen MR) is 151 cm³/mol. The van der Waals surface area contributed by atoms with Gasteiger partial charge in [0.05, 0.1) is 29.2 Å². The van der Waals surface area contributed by atoms with E-state index in [0.29, 0.717) is 30.0 Å². The fraction of sp³-hybridized carbons (Fsp3) is 0.552. The van der Waals surface area contributed by atoms with Crippen LogP contribution in [0.4, 0.5) is 5.69 Å². The zero-order valence-corrected chi connectivity index (χ0v) is 23.8. The molecule has 1 N–H and O–H groups in total. The summed E-state index contributed by atoms with van der Waals surface area (Å²) in [5, 5.41) is 11.0. The van der Waals surface area contributed by atoms with Crippen molar-refractivity contribution in [3.63, 3.8) is 0 Å². The van der Waals surface area contributed by atoms with Gasteiger partial charge in [0.2, 0.25) is 5.91 Å². The van der Waals surface area contributed by atoms with E-state index in [9.17, 15) is 19.5 Å². The summed E-state index contributed by atoms with van der Waals surface area (Å²) in [6.45, 7) is 13.6. The molecular weight excluding hydrogens is 524 g/mol. The molecule has 2 unspecified atom stereocenters. The third kappa shape index (κ3) is 4.69. The van der Waals surface area contributed by atoms with Crippen molar-refractivity contribution in [3.05, 3.63) is 54.6 Å². The molecule has 0 aromatic heterocycles. The first kappa shape index (κ1) is 28.7. The Labute approximate surface area is 234 Å². The number of rotatable bonds is 11. The average Bonchev–Trinajstić information content (AvgIpc) is 3.45. The number of halogens is 1. The van der Waals surface area contributed by atoms with E-state index in [1.165, 1.54) is 6.08 Å². The van der Waals surface area contributed by atoms with Gasteiger partial charge in [-0.3, -0.25) is 14.4 Å². The summed E-state index contributed by atoms with van der Waals surface area (Å²) in [5.41, 5.74) is 0.640. The van der Waals surface area contributed by atoms with Crippen LogP contribution in [0.2, 0.25) is 5.02 Å². The standard InChI is InChI=1S/C29H37ClN2O5S/c1-6-14-31(20-10-8-19(30)9-11-20)26(35)24-29-13-12-28(5,38-29)23(27(36)37-15-7-2)22(29)25(34)32(24)21(17-33)16-18(3)4/h6-11,18,21-24,33H,1-2,12-17H2,3-5H3/t21-,22+,23-,24?,28+,29?/m1/s1. The molecule has 3 saturated heterocycles. The number of benzene rings is 1. The number of thioether (sulfide) groups is 1. The first-order chi connectivity index (χ1) is 18.0. The van der Waals surface area contributed by atoms with Crippen LogP contribution in [0.15, 0.2) is 49.6 Å². The Bertz CT molecular complexity index is 1110. The van der Waals surface area contributed by atoms with Crippen molar-refractivity contribution in [2.45, 2.75) is 61.6 Å². The quantitative estimate of drug-likeness (QED) is 0.317. The maximum Gasteiger partial charge on any atom is 0.311 e. The number of nitrogens with zero attached hydrogens (tertiary/aromatic N) is 2. The summed E-state index contributed by atoms with van der Waals surface area (Å²) in [5.74, 6) is -2.15. The van der Waals surface area contributed by atoms with Gasteiger partial charge in [-0.25, -0.2) is 0 Å². The highest BCUT2D eigenvalue weighted by molar-refractivity contribution is 8.02. The van der Waals surface area contributed by atoms with Gasteiger partial charge >= 0.3 is 5.97 Å². The molecule has 3 aliphatic heterocycles. The Morgan fingerprint density at radius 2 is 1.95 bits per heavy atom. The van der Waals surface area contributed by atoms with Gasteiger partial charge in [-0.05, 0) is 56.4 Å². The number of ether oxygens (including phenoxy) is 1. The van der Waals surface area contributed by atoms with Crippen molar-refractivity contribution < 1.29 is 24.2 Å². The first-order valence-electron chi connectivity index (χ1n) is 13.1. The smallest absolute Gasteiger partial charge is 0.311 e.